The van der Waals surface area contributed by atoms with E-state index < -0.39 is 6.43 Å². The molecule has 2 nitrogen and oxygen atoms in total. The molecule has 0 saturated heterocycles. The largest absolute Gasteiger partial charge is 0.466 e. The Hall–Kier alpha value is -1.16. The predicted molar refractivity (Wildman–Crippen MR) is 61.4 cm³/mol. The Morgan fingerprint density at radius 3 is 2.76 bits per heavy atom. The van der Waals surface area contributed by atoms with E-state index in [1.165, 1.54) is 12.1 Å². The second kappa shape index (κ2) is 6.55. The van der Waals surface area contributed by atoms with Crippen molar-refractivity contribution in [2.75, 3.05) is 6.61 Å². The van der Waals surface area contributed by atoms with Crippen LogP contribution in [-0.2, 0) is 16.0 Å². The molecular formula is C12H13ClF2O2. The Morgan fingerprint density at radius 2 is 2.18 bits per heavy atom. The standard InChI is InChI=1S/C12H13ClF2O2/c1-2-17-11(16)6-4-8-3-5-10(13)9(7-8)12(14)15/h3,5,7,12H,2,4,6H2,1H3. The number of carbonyl (C=O) groups is 1. The fraction of sp³-hybridized carbons (Fsp3) is 0.417. The zero-order valence-corrected chi connectivity index (χ0v) is 10.1. The van der Waals surface area contributed by atoms with Gasteiger partial charge in [-0.05, 0) is 31.0 Å². The van der Waals surface area contributed by atoms with Gasteiger partial charge >= 0.3 is 5.97 Å². The van der Waals surface area contributed by atoms with Crippen LogP contribution in [0.25, 0.3) is 0 Å². The Balaban J connectivity index is 2.66. The van der Waals surface area contributed by atoms with Crippen LogP contribution in [0.1, 0.15) is 30.9 Å². The molecule has 0 aromatic heterocycles. The molecule has 0 aliphatic rings. The van der Waals surface area contributed by atoms with Gasteiger partial charge in [-0.15, -0.1) is 0 Å². The molecule has 0 unspecified atom stereocenters. The van der Waals surface area contributed by atoms with E-state index in [2.05, 4.69) is 0 Å². The van der Waals surface area contributed by atoms with E-state index in [9.17, 15) is 13.6 Å². The van der Waals surface area contributed by atoms with Crippen LogP contribution in [0.5, 0.6) is 0 Å². The molecule has 0 fully saturated rings. The fourth-order valence-electron chi connectivity index (χ4n) is 1.40. The lowest BCUT2D eigenvalue weighted by Gasteiger charge is -2.06. The number of ether oxygens (including phenoxy) is 1. The predicted octanol–water partition coefficient (Wildman–Crippen LogP) is 3.77. The zero-order chi connectivity index (χ0) is 12.8. The van der Waals surface area contributed by atoms with Crippen LogP contribution < -0.4 is 0 Å². The summed E-state index contributed by atoms with van der Waals surface area (Å²) in [5.41, 5.74) is 0.450. The van der Waals surface area contributed by atoms with Crippen LogP contribution in [-0.4, -0.2) is 12.6 Å². The summed E-state index contributed by atoms with van der Waals surface area (Å²) in [7, 11) is 0. The van der Waals surface area contributed by atoms with Crippen molar-refractivity contribution in [1.29, 1.82) is 0 Å². The van der Waals surface area contributed by atoms with Gasteiger partial charge < -0.3 is 4.74 Å². The third-order valence-electron chi connectivity index (χ3n) is 2.22. The van der Waals surface area contributed by atoms with Crippen LogP contribution >= 0.6 is 11.6 Å². The number of esters is 1. The number of carbonyl (C=O) groups excluding carboxylic acids is 1. The molecule has 0 bridgehead atoms. The molecule has 0 spiro atoms. The Morgan fingerprint density at radius 1 is 1.47 bits per heavy atom. The van der Waals surface area contributed by atoms with Gasteiger partial charge in [-0.2, -0.15) is 0 Å². The van der Waals surface area contributed by atoms with Gasteiger partial charge in [0.15, 0.2) is 0 Å². The van der Waals surface area contributed by atoms with Gasteiger partial charge in [-0.3, -0.25) is 4.79 Å². The van der Waals surface area contributed by atoms with Gasteiger partial charge in [0.25, 0.3) is 6.43 Å². The minimum atomic E-state index is -2.61. The Kier molecular flexibility index (Phi) is 5.35. The van der Waals surface area contributed by atoms with E-state index in [1.54, 1.807) is 13.0 Å². The Labute approximate surface area is 104 Å². The summed E-state index contributed by atoms with van der Waals surface area (Å²) >= 11 is 5.63. The average molecular weight is 263 g/mol. The molecule has 1 aromatic rings. The van der Waals surface area contributed by atoms with Gasteiger partial charge in [0.2, 0.25) is 0 Å². The SMILES string of the molecule is CCOC(=O)CCc1ccc(Cl)c(C(F)F)c1. The molecular weight excluding hydrogens is 250 g/mol. The average Bonchev–Trinajstić information content (AvgIpc) is 2.28. The summed E-state index contributed by atoms with van der Waals surface area (Å²) in [6, 6.07) is 4.38. The molecule has 1 rings (SSSR count). The van der Waals surface area contributed by atoms with Crippen molar-refractivity contribution < 1.29 is 18.3 Å². The summed E-state index contributed by atoms with van der Waals surface area (Å²) in [6.07, 6.45) is -2.06. The number of alkyl halides is 2. The lowest BCUT2D eigenvalue weighted by molar-refractivity contribution is -0.143. The van der Waals surface area contributed by atoms with Crippen LogP contribution in [0.4, 0.5) is 8.78 Å². The topological polar surface area (TPSA) is 26.3 Å². The van der Waals surface area contributed by atoms with Gasteiger partial charge in [-0.25, -0.2) is 8.78 Å². The second-order valence-electron chi connectivity index (χ2n) is 3.46. The third kappa shape index (κ3) is 4.30. The van der Waals surface area contributed by atoms with Crippen LogP contribution in [0.2, 0.25) is 5.02 Å². The smallest absolute Gasteiger partial charge is 0.306 e. The minimum Gasteiger partial charge on any atom is -0.466 e. The molecule has 1 aromatic carbocycles. The maximum Gasteiger partial charge on any atom is 0.306 e. The number of rotatable bonds is 5. The molecule has 17 heavy (non-hydrogen) atoms. The van der Waals surface area contributed by atoms with Crippen molar-refractivity contribution in [2.24, 2.45) is 0 Å². The summed E-state index contributed by atoms with van der Waals surface area (Å²) in [5.74, 6) is -0.332. The van der Waals surface area contributed by atoms with Gasteiger partial charge in [0.1, 0.15) is 0 Å². The van der Waals surface area contributed by atoms with E-state index in [0.29, 0.717) is 18.6 Å². The highest BCUT2D eigenvalue weighted by atomic mass is 35.5. The zero-order valence-electron chi connectivity index (χ0n) is 9.38. The first-order valence-corrected chi connectivity index (χ1v) is 5.64. The second-order valence-corrected chi connectivity index (χ2v) is 3.87. The molecule has 0 atom stereocenters. The lowest BCUT2D eigenvalue weighted by atomic mass is 10.1. The monoisotopic (exact) mass is 262 g/mol. The number of aryl methyl sites for hydroxylation is 1. The highest BCUT2D eigenvalue weighted by molar-refractivity contribution is 6.31. The quantitative estimate of drug-likeness (QED) is 0.755. The molecule has 0 heterocycles. The fourth-order valence-corrected chi connectivity index (χ4v) is 1.60. The summed E-state index contributed by atoms with van der Waals surface area (Å²) in [4.78, 5) is 11.1. The van der Waals surface area contributed by atoms with E-state index in [0.717, 1.165) is 0 Å². The highest BCUT2D eigenvalue weighted by Gasteiger charge is 2.13. The van der Waals surface area contributed by atoms with Crippen molar-refractivity contribution in [1.82, 2.24) is 0 Å². The molecule has 0 aliphatic carbocycles. The first kappa shape index (κ1) is 13.9. The summed E-state index contributed by atoms with van der Waals surface area (Å²) in [6.45, 7) is 2.04. The minimum absolute atomic E-state index is 0.0416. The van der Waals surface area contributed by atoms with E-state index in [-0.39, 0.29) is 23.0 Å². The number of halogens is 3. The number of hydrogen-bond donors (Lipinski definition) is 0. The molecule has 5 heteroatoms. The maximum atomic E-state index is 12.6. The van der Waals surface area contributed by atoms with E-state index >= 15 is 0 Å². The van der Waals surface area contributed by atoms with Crippen LogP contribution in [0.15, 0.2) is 18.2 Å². The molecule has 0 saturated carbocycles. The van der Waals surface area contributed by atoms with Crippen molar-refractivity contribution >= 4 is 17.6 Å². The number of benzene rings is 1. The Bertz CT molecular complexity index is 394. The first-order chi connectivity index (χ1) is 8.04. The van der Waals surface area contributed by atoms with Crippen molar-refractivity contribution in [3.05, 3.63) is 34.3 Å². The molecule has 0 radical (unpaired) electrons. The van der Waals surface area contributed by atoms with Gasteiger partial charge in [0, 0.05) is 17.0 Å². The number of hydrogen-bond acceptors (Lipinski definition) is 2. The molecule has 0 aliphatic heterocycles. The van der Waals surface area contributed by atoms with Crippen LogP contribution in [0, 0.1) is 0 Å². The van der Waals surface area contributed by atoms with E-state index in [1.807, 2.05) is 0 Å². The highest BCUT2D eigenvalue weighted by Crippen LogP contribution is 2.28. The molecule has 0 N–H and O–H groups in total. The van der Waals surface area contributed by atoms with Crippen LogP contribution in [0.3, 0.4) is 0 Å². The van der Waals surface area contributed by atoms with Gasteiger partial charge in [-0.1, -0.05) is 17.7 Å². The van der Waals surface area contributed by atoms with Crippen molar-refractivity contribution in [3.8, 4) is 0 Å². The summed E-state index contributed by atoms with van der Waals surface area (Å²) < 4.78 is 29.9. The lowest BCUT2D eigenvalue weighted by Crippen LogP contribution is -2.05. The first-order valence-electron chi connectivity index (χ1n) is 5.26. The maximum absolute atomic E-state index is 12.6. The van der Waals surface area contributed by atoms with Crippen molar-refractivity contribution in [2.45, 2.75) is 26.2 Å². The van der Waals surface area contributed by atoms with E-state index in [4.69, 9.17) is 16.3 Å². The molecule has 94 valence electrons. The van der Waals surface area contributed by atoms with Gasteiger partial charge in [0.05, 0.1) is 6.61 Å². The normalized spacial score (nSPS) is 10.6. The molecule has 0 amide bonds. The van der Waals surface area contributed by atoms with Crippen molar-refractivity contribution in [3.63, 3.8) is 0 Å². The summed E-state index contributed by atoms with van der Waals surface area (Å²) in [5, 5.41) is 0.0416. The third-order valence-corrected chi connectivity index (χ3v) is 2.56.